The van der Waals surface area contributed by atoms with Crippen LogP contribution < -0.4 is 5.56 Å². The monoisotopic (exact) mass is 314 g/mol. The van der Waals surface area contributed by atoms with Crippen molar-refractivity contribution in [3.63, 3.8) is 0 Å². The van der Waals surface area contributed by atoms with Gasteiger partial charge in [-0.25, -0.2) is 0 Å². The predicted octanol–water partition coefficient (Wildman–Crippen LogP) is 1.48. The van der Waals surface area contributed by atoms with Crippen LogP contribution in [0.5, 0.6) is 0 Å². The van der Waals surface area contributed by atoms with Crippen molar-refractivity contribution in [3.05, 3.63) is 46.2 Å². The number of hydrogen-bond acceptors (Lipinski definition) is 3. The molecule has 1 fully saturated rings. The fraction of sp³-hybridized carbons (Fsp3) is 0.353. The number of pyridine rings is 1. The molecule has 1 aromatic heterocycles. The SMILES string of the molecule is Cn1c(=O)cc(C(=O)N2CCC(C)(C(=O)O)C2)c2ccccc21. The van der Waals surface area contributed by atoms with E-state index in [0.717, 1.165) is 0 Å². The van der Waals surface area contributed by atoms with Gasteiger partial charge in [-0.2, -0.15) is 0 Å². The van der Waals surface area contributed by atoms with Gasteiger partial charge in [0.25, 0.3) is 11.5 Å². The van der Waals surface area contributed by atoms with Gasteiger partial charge in [0.1, 0.15) is 0 Å². The first-order chi connectivity index (χ1) is 10.8. The Bertz CT molecular complexity index is 871. The molecule has 2 aromatic rings. The third-order valence-corrected chi connectivity index (χ3v) is 4.66. The Morgan fingerprint density at radius 3 is 2.61 bits per heavy atom. The maximum absolute atomic E-state index is 12.8. The van der Waals surface area contributed by atoms with Crippen molar-refractivity contribution in [1.29, 1.82) is 0 Å². The first-order valence-corrected chi connectivity index (χ1v) is 7.45. The number of carboxylic acids is 1. The maximum atomic E-state index is 12.8. The van der Waals surface area contributed by atoms with Crippen LogP contribution in [-0.2, 0) is 11.8 Å². The molecule has 3 rings (SSSR count). The maximum Gasteiger partial charge on any atom is 0.311 e. The van der Waals surface area contributed by atoms with Crippen LogP contribution >= 0.6 is 0 Å². The van der Waals surface area contributed by atoms with Crippen molar-refractivity contribution >= 4 is 22.8 Å². The normalized spacial score (nSPS) is 20.9. The number of nitrogens with zero attached hydrogens (tertiary/aromatic N) is 2. The summed E-state index contributed by atoms with van der Waals surface area (Å²) in [5, 5.41) is 10.0. The quantitative estimate of drug-likeness (QED) is 0.910. The highest BCUT2D eigenvalue weighted by molar-refractivity contribution is 6.06. The van der Waals surface area contributed by atoms with Gasteiger partial charge < -0.3 is 14.6 Å². The van der Waals surface area contributed by atoms with Gasteiger partial charge in [-0.1, -0.05) is 18.2 Å². The molecular formula is C17H18N2O4. The summed E-state index contributed by atoms with van der Waals surface area (Å²) in [4.78, 5) is 37.8. The van der Waals surface area contributed by atoms with E-state index < -0.39 is 11.4 Å². The summed E-state index contributed by atoms with van der Waals surface area (Å²) < 4.78 is 1.50. The minimum atomic E-state index is -0.925. The van der Waals surface area contributed by atoms with Crippen LogP contribution in [-0.4, -0.2) is 39.5 Å². The summed E-state index contributed by atoms with van der Waals surface area (Å²) in [6, 6.07) is 8.55. The molecule has 6 nitrogen and oxygen atoms in total. The van der Waals surface area contributed by atoms with Crippen molar-refractivity contribution < 1.29 is 14.7 Å². The highest BCUT2D eigenvalue weighted by Crippen LogP contribution is 2.31. The molecule has 120 valence electrons. The van der Waals surface area contributed by atoms with Crippen LogP contribution in [0.3, 0.4) is 0 Å². The second-order valence-corrected chi connectivity index (χ2v) is 6.31. The highest BCUT2D eigenvalue weighted by atomic mass is 16.4. The summed E-state index contributed by atoms with van der Waals surface area (Å²) in [7, 11) is 1.66. The predicted molar refractivity (Wildman–Crippen MR) is 85.5 cm³/mol. The number of aromatic nitrogens is 1. The second-order valence-electron chi connectivity index (χ2n) is 6.31. The smallest absolute Gasteiger partial charge is 0.311 e. The molecule has 2 heterocycles. The number of carbonyl (C=O) groups is 2. The lowest BCUT2D eigenvalue weighted by Gasteiger charge is -2.21. The van der Waals surface area contributed by atoms with Gasteiger partial charge in [-0.3, -0.25) is 14.4 Å². The molecule has 1 atom stereocenters. The molecule has 6 heteroatoms. The zero-order valence-electron chi connectivity index (χ0n) is 13.1. The van der Waals surface area contributed by atoms with Crippen LogP contribution in [0.25, 0.3) is 10.9 Å². The number of carboxylic acid groups (broad SMARTS) is 1. The topological polar surface area (TPSA) is 79.6 Å². The van der Waals surface area contributed by atoms with E-state index in [0.29, 0.717) is 29.4 Å². The van der Waals surface area contributed by atoms with Gasteiger partial charge in [0.15, 0.2) is 0 Å². The van der Waals surface area contributed by atoms with E-state index in [-0.39, 0.29) is 18.0 Å². The van der Waals surface area contributed by atoms with E-state index in [1.165, 1.54) is 15.5 Å². The lowest BCUT2D eigenvalue weighted by atomic mass is 9.90. The average Bonchev–Trinajstić information content (AvgIpc) is 2.94. The van der Waals surface area contributed by atoms with Gasteiger partial charge in [-0.05, 0) is 19.4 Å². The Balaban J connectivity index is 2.05. The summed E-state index contributed by atoms with van der Waals surface area (Å²) in [6.07, 6.45) is 0.414. The molecule has 0 radical (unpaired) electrons. The molecule has 0 aliphatic carbocycles. The van der Waals surface area contributed by atoms with Crippen molar-refractivity contribution in [2.75, 3.05) is 13.1 Å². The van der Waals surface area contributed by atoms with E-state index in [4.69, 9.17) is 0 Å². The number of amides is 1. The van der Waals surface area contributed by atoms with Crippen LogP contribution in [0, 0.1) is 5.41 Å². The van der Waals surface area contributed by atoms with Crippen LogP contribution in [0.15, 0.2) is 35.1 Å². The lowest BCUT2D eigenvalue weighted by Crippen LogP contribution is -2.35. The molecular weight excluding hydrogens is 296 g/mol. The molecule has 1 aliphatic heterocycles. The third-order valence-electron chi connectivity index (χ3n) is 4.66. The molecule has 1 saturated heterocycles. The number of aliphatic carboxylic acids is 1. The second kappa shape index (κ2) is 5.22. The lowest BCUT2D eigenvalue weighted by molar-refractivity contribution is -0.147. The van der Waals surface area contributed by atoms with Crippen molar-refractivity contribution in [3.8, 4) is 0 Å². The van der Waals surface area contributed by atoms with E-state index in [2.05, 4.69) is 0 Å². The van der Waals surface area contributed by atoms with E-state index in [1.807, 2.05) is 12.1 Å². The highest BCUT2D eigenvalue weighted by Gasteiger charge is 2.42. The largest absolute Gasteiger partial charge is 0.481 e. The van der Waals surface area contributed by atoms with Crippen LogP contribution in [0.1, 0.15) is 23.7 Å². The summed E-state index contributed by atoms with van der Waals surface area (Å²) in [5.74, 6) is -1.19. The van der Waals surface area contributed by atoms with Gasteiger partial charge in [0.05, 0.1) is 16.5 Å². The van der Waals surface area contributed by atoms with E-state index in [9.17, 15) is 19.5 Å². The number of rotatable bonds is 2. The average molecular weight is 314 g/mol. The summed E-state index contributed by atoms with van der Waals surface area (Å²) in [5.41, 5.74) is -0.167. The Kier molecular flexibility index (Phi) is 3.47. The van der Waals surface area contributed by atoms with Crippen molar-refractivity contribution in [2.24, 2.45) is 12.5 Å². The minimum absolute atomic E-state index is 0.157. The Labute approximate surface area is 132 Å². The number of aryl methyl sites for hydroxylation is 1. The van der Waals surface area contributed by atoms with E-state index in [1.54, 1.807) is 26.1 Å². The molecule has 0 saturated carbocycles. The summed E-state index contributed by atoms with van der Waals surface area (Å²) in [6.45, 7) is 2.18. The number of fused-ring (bicyclic) bond motifs is 1. The Hall–Kier alpha value is -2.63. The van der Waals surface area contributed by atoms with Crippen molar-refractivity contribution in [2.45, 2.75) is 13.3 Å². The molecule has 0 bridgehead atoms. The van der Waals surface area contributed by atoms with Gasteiger partial charge >= 0.3 is 5.97 Å². The van der Waals surface area contributed by atoms with E-state index >= 15 is 0 Å². The molecule has 1 N–H and O–H groups in total. The molecule has 23 heavy (non-hydrogen) atoms. The fourth-order valence-electron chi connectivity index (χ4n) is 3.07. The number of para-hydroxylation sites is 1. The zero-order chi connectivity index (χ0) is 16.8. The molecule has 1 unspecified atom stereocenters. The van der Waals surface area contributed by atoms with Crippen LogP contribution in [0.2, 0.25) is 0 Å². The number of benzene rings is 1. The fourth-order valence-corrected chi connectivity index (χ4v) is 3.07. The van der Waals surface area contributed by atoms with Gasteiger partial charge in [0, 0.05) is 31.6 Å². The van der Waals surface area contributed by atoms with Gasteiger partial charge in [0.2, 0.25) is 0 Å². The number of carbonyl (C=O) groups excluding carboxylic acids is 1. The molecule has 1 aliphatic rings. The first kappa shape index (κ1) is 15.3. The first-order valence-electron chi connectivity index (χ1n) is 7.45. The minimum Gasteiger partial charge on any atom is -0.481 e. The number of likely N-dealkylation sites (tertiary alicyclic amines) is 1. The molecule has 1 aromatic carbocycles. The number of hydrogen-bond donors (Lipinski definition) is 1. The van der Waals surface area contributed by atoms with Gasteiger partial charge in [-0.15, -0.1) is 0 Å². The Morgan fingerprint density at radius 1 is 1.26 bits per heavy atom. The standard InChI is InChI=1S/C17H18N2O4/c1-17(16(22)23)7-8-19(10-17)15(21)12-9-14(20)18(2)13-6-4-3-5-11(12)13/h3-6,9H,7-8,10H2,1-2H3,(H,22,23). The zero-order valence-corrected chi connectivity index (χ0v) is 13.1. The molecule has 1 amide bonds. The van der Waals surface area contributed by atoms with Crippen LogP contribution in [0.4, 0.5) is 0 Å². The summed E-state index contributed by atoms with van der Waals surface area (Å²) >= 11 is 0. The third kappa shape index (κ3) is 2.40. The van der Waals surface area contributed by atoms with Crippen molar-refractivity contribution in [1.82, 2.24) is 9.47 Å². The Morgan fingerprint density at radius 2 is 1.96 bits per heavy atom. The molecule has 0 spiro atoms.